The van der Waals surface area contributed by atoms with Gasteiger partial charge in [0, 0.05) is 16.7 Å². The van der Waals surface area contributed by atoms with Gasteiger partial charge in [0.2, 0.25) is 5.82 Å². The molecule has 5 aromatic rings. The monoisotopic (exact) mass is 480 g/mol. The topological polar surface area (TPSA) is 128 Å². The number of nitrogens with one attached hydrogen (secondary N) is 1. The van der Waals surface area contributed by atoms with Crippen molar-refractivity contribution in [2.75, 3.05) is 6.61 Å². The lowest BCUT2D eigenvalue weighted by Gasteiger charge is -2.14. The number of aromatic carboxylic acids is 1. The van der Waals surface area contributed by atoms with Gasteiger partial charge in [0.15, 0.2) is 0 Å². The van der Waals surface area contributed by atoms with Crippen LogP contribution in [0, 0.1) is 0 Å². The van der Waals surface area contributed by atoms with Crippen LogP contribution in [-0.4, -0.2) is 47.9 Å². The van der Waals surface area contributed by atoms with Crippen molar-refractivity contribution in [3.8, 4) is 17.5 Å². The molecule has 0 bridgehead atoms. The molecule has 0 amide bonds. The number of tetrazole rings is 1. The number of ether oxygens (including phenoxy) is 2. The number of hydrogen-bond acceptors (Lipinski definition) is 7. The van der Waals surface area contributed by atoms with Crippen molar-refractivity contribution in [1.82, 2.24) is 30.2 Å². The van der Waals surface area contributed by atoms with Crippen LogP contribution in [0.15, 0.2) is 60.7 Å². The summed E-state index contributed by atoms with van der Waals surface area (Å²) in [4.78, 5) is 16.5. The zero-order chi connectivity index (χ0) is 24.6. The van der Waals surface area contributed by atoms with Gasteiger partial charge in [0.25, 0.3) is 6.01 Å². The maximum Gasteiger partial charge on any atom is 0.337 e. The number of imidazole rings is 1. The largest absolute Gasteiger partial charge is 0.478 e. The molecule has 2 aromatic heterocycles. The van der Waals surface area contributed by atoms with E-state index in [4.69, 9.17) is 9.47 Å². The Morgan fingerprint density at radius 3 is 2.81 bits per heavy atom. The Balaban J connectivity index is 1.48. The van der Waals surface area contributed by atoms with E-state index in [0.29, 0.717) is 47.5 Å². The molecule has 0 radical (unpaired) electrons. The zero-order valence-corrected chi connectivity index (χ0v) is 19.2. The third kappa shape index (κ3) is 3.65. The molecule has 10 heteroatoms. The summed E-state index contributed by atoms with van der Waals surface area (Å²) in [5.41, 5.74) is 4.56. The molecule has 3 heterocycles. The van der Waals surface area contributed by atoms with E-state index >= 15 is 0 Å². The van der Waals surface area contributed by atoms with Crippen molar-refractivity contribution >= 4 is 28.7 Å². The minimum Gasteiger partial charge on any atom is -0.478 e. The molecule has 1 aliphatic rings. The summed E-state index contributed by atoms with van der Waals surface area (Å²) in [6.45, 7) is 2.59. The molecule has 178 valence electrons. The second-order valence-electron chi connectivity index (χ2n) is 8.16. The number of fused-ring (bicyclic) bond motifs is 3. The first-order chi connectivity index (χ1) is 17.6. The second kappa shape index (κ2) is 8.66. The minimum absolute atomic E-state index is 0.160. The quantitative estimate of drug-likeness (QED) is 0.359. The van der Waals surface area contributed by atoms with Gasteiger partial charge < -0.3 is 14.6 Å². The van der Waals surface area contributed by atoms with Gasteiger partial charge in [-0.15, -0.1) is 10.2 Å². The van der Waals surface area contributed by atoms with Crippen LogP contribution in [-0.2, 0) is 6.54 Å². The molecule has 0 atom stereocenters. The molecule has 2 N–H and O–H groups in total. The summed E-state index contributed by atoms with van der Waals surface area (Å²) < 4.78 is 13.9. The molecular weight excluding hydrogens is 460 g/mol. The summed E-state index contributed by atoms with van der Waals surface area (Å²) in [5.74, 6) is 0.746. The highest BCUT2D eigenvalue weighted by Gasteiger charge is 2.23. The average Bonchev–Trinajstić information content (AvgIpc) is 3.49. The first-order valence-corrected chi connectivity index (χ1v) is 11.3. The predicted molar refractivity (Wildman–Crippen MR) is 131 cm³/mol. The smallest absolute Gasteiger partial charge is 0.337 e. The maximum absolute atomic E-state index is 12.0. The number of H-pyrrole nitrogens is 1. The van der Waals surface area contributed by atoms with Gasteiger partial charge in [-0.25, -0.2) is 4.79 Å². The van der Waals surface area contributed by atoms with E-state index in [2.05, 4.69) is 25.6 Å². The number of aromatic amines is 1. The van der Waals surface area contributed by atoms with Crippen LogP contribution < -0.4 is 9.47 Å². The van der Waals surface area contributed by atoms with Gasteiger partial charge in [-0.2, -0.15) is 10.2 Å². The molecule has 6 rings (SSSR count). The van der Waals surface area contributed by atoms with E-state index in [1.54, 1.807) is 22.8 Å². The number of carboxylic acids is 1. The highest BCUT2D eigenvalue weighted by molar-refractivity contribution is 6.01. The van der Waals surface area contributed by atoms with E-state index in [0.717, 1.165) is 22.3 Å². The van der Waals surface area contributed by atoms with Gasteiger partial charge >= 0.3 is 5.97 Å². The Morgan fingerprint density at radius 2 is 2.00 bits per heavy atom. The lowest BCUT2D eigenvalue weighted by atomic mass is 10.0. The van der Waals surface area contributed by atoms with Crippen LogP contribution >= 0.6 is 0 Å². The predicted octanol–water partition coefficient (Wildman–Crippen LogP) is 4.39. The lowest BCUT2D eigenvalue weighted by Crippen LogP contribution is -2.08. The molecule has 36 heavy (non-hydrogen) atoms. The SMILES string of the molecule is CCOc1nc2cccc(C(=O)O)c2n1Cc1ccc2c(c1)Oc1ccccc1C=C2c1nn[nH]n1. The van der Waals surface area contributed by atoms with Crippen molar-refractivity contribution in [2.24, 2.45) is 0 Å². The Morgan fingerprint density at radius 1 is 1.11 bits per heavy atom. The number of rotatable bonds is 6. The molecule has 0 unspecified atom stereocenters. The van der Waals surface area contributed by atoms with E-state index in [1.165, 1.54) is 0 Å². The summed E-state index contributed by atoms with van der Waals surface area (Å²) in [6, 6.07) is 18.9. The molecule has 3 aromatic carbocycles. The molecular formula is C26H20N6O4. The molecule has 0 saturated heterocycles. The van der Waals surface area contributed by atoms with Gasteiger partial charge in [0.1, 0.15) is 11.5 Å². The van der Waals surface area contributed by atoms with Crippen molar-refractivity contribution in [2.45, 2.75) is 13.5 Å². The number of carbonyl (C=O) groups is 1. The van der Waals surface area contributed by atoms with E-state index in [1.807, 2.05) is 55.5 Å². The highest BCUT2D eigenvalue weighted by atomic mass is 16.5. The first-order valence-electron chi connectivity index (χ1n) is 11.3. The first kappa shape index (κ1) is 21.5. The average molecular weight is 480 g/mol. The number of hydrogen-bond donors (Lipinski definition) is 2. The fourth-order valence-corrected chi connectivity index (χ4v) is 4.38. The molecule has 0 saturated carbocycles. The van der Waals surface area contributed by atoms with Crippen molar-refractivity contribution in [1.29, 1.82) is 0 Å². The van der Waals surface area contributed by atoms with E-state index in [9.17, 15) is 9.90 Å². The number of benzene rings is 3. The standard InChI is InChI=1S/C26H20N6O4/c1-2-35-26-27-20-8-5-7-18(25(33)34)23(20)32(26)14-15-10-11-17-19(24-28-30-31-29-24)13-16-6-3-4-9-21(16)36-22(17)12-15/h3-13H,2,14H2,1H3,(H,33,34)(H,28,29,30,31). The third-order valence-corrected chi connectivity index (χ3v) is 5.94. The van der Waals surface area contributed by atoms with Gasteiger partial charge in [-0.3, -0.25) is 4.57 Å². The number of carboxylic acid groups (broad SMARTS) is 1. The van der Waals surface area contributed by atoms with Gasteiger partial charge in [-0.1, -0.05) is 36.4 Å². The van der Waals surface area contributed by atoms with Crippen molar-refractivity contribution < 1.29 is 19.4 Å². The Hall–Kier alpha value is -4.99. The fraction of sp³-hybridized carbons (Fsp3) is 0.115. The number of para-hydroxylation sites is 2. The zero-order valence-electron chi connectivity index (χ0n) is 19.2. The van der Waals surface area contributed by atoms with Crippen LogP contribution in [0.5, 0.6) is 17.5 Å². The van der Waals surface area contributed by atoms with E-state index in [-0.39, 0.29) is 5.56 Å². The summed E-state index contributed by atoms with van der Waals surface area (Å²) in [5, 5.41) is 24.4. The van der Waals surface area contributed by atoms with Crippen molar-refractivity contribution in [3.63, 3.8) is 0 Å². The third-order valence-electron chi connectivity index (χ3n) is 5.94. The maximum atomic E-state index is 12.0. The molecule has 0 spiro atoms. The normalized spacial score (nSPS) is 12.3. The Labute approximate surface area is 204 Å². The second-order valence-corrected chi connectivity index (χ2v) is 8.16. The Bertz CT molecular complexity index is 1640. The molecule has 1 aliphatic heterocycles. The van der Waals surface area contributed by atoms with Crippen molar-refractivity contribution in [3.05, 3.63) is 88.7 Å². The molecule has 0 aliphatic carbocycles. The van der Waals surface area contributed by atoms with Gasteiger partial charge in [0.05, 0.1) is 29.7 Å². The van der Waals surface area contributed by atoms with Crippen LogP contribution in [0.4, 0.5) is 0 Å². The summed E-state index contributed by atoms with van der Waals surface area (Å²) in [7, 11) is 0. The molecule has 0 fully saturated rings. The van der Waals surface area contributed by atoms with Crippen LogP contribution in [0.3, 0.4) is 0 Å². The Kier molecular flexibility index (Phi) is 5.18. The summed E-state index contributed by atoms with van der Waals surface area (Å²) in [6.07, 6.45) is 1.97. The van der Waals surface area contributed by atoms with Gasteiger partial charge in [-0.05, 0) is 48.0 Å². The number of aromatic nitrogens is 6. The van der Waals surface area contributed by atoms with Crippen LogP contribution in [0.25, 0.3) is 22.7 Å². The molecule has 10 nitrogen and oxygen atoms in total. The number of nitrogens with zero attached hydrogens (tertiary/aromatic N) is 5. The van der Waals surface area contributed by atoms with Crippen LogP contribution in [0.2, 0.25) is 0 Å². The fourth-order valence-electron chi connectivity index (χ4n) is 4.38. The summed E-state index contributed by atoms with van der Waals surface area (Å²) >= 11 is 0. The van der Waals surface area contributed by atoms with E-state index < -0.39 is 5.97 Å². The highest BCUT2D eigenvalue weighted by Crippen LogP contribution is 2.40. The minimum atomic E-state index is -1.03. The lowest BCUT2D eigenvalue weighted by molar-refractivity contribution is 0.0698. The van der Waals surface area contributed by atoms with Crippen LogP contribution in [0.1, 0.15) is 39.8 Å².